The Bertz CT molecular complexity index is 410. The summed E-state index contributed by atoms with van der Waals surface area (Å²) < 4.78 is 10.2. The fourth-order valence-electron chi connectivity index (χ4n) is 4.95. The van der Waals surface area contributed by atoms with Gasteiger partial charge in [-0.15, -0.1) is 0 Å². The predicted molar refractivity (Wildman–Crippen MR) is 158 cm³/mol. The zero-order valence-electron chi connectivity index (χ0n) is 24.9. The molecule has 0 aliphatic carbocycles. The first-order valence-corrected chi connectivity index (χ1v) is 16.6. The summed E-state index contributed by atoms with van der Waals surface area (Å²) in [6.07, 6.45) is 37.5. The molecular weight excluding hydrogens is 444 g/mol. The van der Waals surface area contributed by atoms with E-state index in [1.165, 1.54) is 154 Å². The van der Waals surface area contributed by atoms with Gasteiger partial charge in [0, 0.05) is 0 Å². The van der Waals surface area contributed by atoms with Gasteiger partial charge in [0.05, 0.1) is 13.2 Å². The molecule has 0 spiro atoms. The van der Waals surface area contributed by atoms with Gasteiger partial charge >= 0.3 is 6.16 Å². The number of unbranched alkanes of at least 4 members (excludes halogenated alkanes) is 26. The number of rotatable bonds is 30. The summed E-state index contributed by atoms with van der Waals surface area (Å²) in [6, 6.07) is 0. The van der Waals surface area contributed by atoms with Crippen molar-refractivity contribution < 1.29 is 14.3 Å². The van der Waals surface area contributed by atoms with E-state index < -0.39 is 6.16 Å². The first kappa shape index (κ1) is 35.3. The third-order valence-corrected chi connectivity index (χ3v) is 7.44. The van der Waals surface area contributed by atoms with E-state index in [2.05, 4.69) is 13.8 Å². The Kier molecular flexibility index (Phi) is 31.6. The van der Waals surface area contributed by atoms with Crippen LogP contribution in [0.25, 0.3) is 0 Å². The lowest BCUT2D eigenvalue weighted by molar-refractivity contribution is 0.0529. The molecule has 0 aliphatic heterocycles. The van der Waals surface area contributed by atoms with E-state index >= 15 is 0 Å². The molecule has 216 valence electrons. The highest BCUT2D eigenvalue weighted by Crippen LogP contribution is 2.15. The Morgan fingerprint density at radius 3 is 0.778 bits per heavy atom. The number of carbonyl (C=O) groups excluding carboxylic acids is 1. The quantitative estimate of drug-likeness (QED) is 0.0711. The first-order valence-electron chi connectivity index (χ1n) is 16.6. The lowest BCUT2D eigenvalue weighted by atomic mass is 10.0. The van der Waals surface area contributed by atoms with E-state index in [4.69, 9.17) is 9.47 Å². The molecule has 0 bridgehead atoms. The average molecular weight is 511 g/mol. The van der Waals surface area contributed by atoms with Gasteiger partial charge < -0.3 is 9.47 Å². The molecule has 0 radical (unpaired) electrons. The second kappa shape index (κ2) is 32.3. The van der Waals surface area contributed by atoms with Crippen LogP contribution in [0.4, 0.5) is 4.79 Å². The van der Waals surface area contributed by atoms with Gasteiger partial charge in [0.2, 0.25) is 0 Å². The summed E-state index contributed by atoms with van der Waals surface area (Å²) in [5, 5.41) is 0. The van der Waals surface area contributed by atoms with Gasteiger partial charge in [0.1, 0.15) is 0 Å². The van der Waals surface area contributed by atoms with E-state index in [1.54, 1.807) is 0 Å². The topological polar surface area (TPSA) is 35.5 Å². The van der Waals surface area contributed by atoms with E-state index in [9.17, 15) is 4.79 Å². The average Bonchev–Trinajstić information content (AvgIpc) is 2.88. The Labute approximate surface area is 227 Å². The fourth-order valence-corrected chi connectivity index (χ4v) is 4.95. The highest BCUT2D eigenvalue weighted by atomic mass is 16.7. The van der Waals surface area contributed by atoms with Crippen molar-refractivity contribution in [3.63, 3.8) is 0 Å². The summed E-state index contributed by atoms with van der Waals surface area (Å²) >= 11 is 0. The molecule has 0 aromatic carbocycles. The highest BCUT2D eigenvalue weighted by molar-refractivity contribution is 5.59. The lowest BCUT2D eigenvalue weighted by Crippen LogP contribution is -2.09. The normalized spacial score (nSPS) is 11.2. The number of hydrogen-bond donors (Lipinski definition) is 0. The van der Waals surface area contributed by atoms with Gasteiger partial charge in [0.15, 0.2) is 0 Å². The van der Waals surface area contributed by atoms with Crippen molar-refractivity contribution in [2.75, 3.05) is 13.2 Å². The standard InChI is InChI=1S/C33H66O3/c1-3-5-7-9-10-11-12-13-14-15-16-17-18-19-20-21-22-23-24-25-26-27-28-30-32-36-33(34)35-31-29-8-6-4-2/h3-32H2,1-2H3. The molecule has 0 aromatic rings. The van der Waals surface area contributed by atoms with Crippen LogP contribution in [0.5, 0.6) is 0 Å². The van der Waals surface area contributed by atoms with Gasteiger partial charge in [-0.25, -0.2) is 4.79 Å². The fraction of sp³-hybridized carbons (Fsp3) is 0.970. The first-order chi connectivity index (χ1) is 17.8. The van der Waals surface area contributed by atoms with Gasteiger partial charge in [-0.05, 0) is 12.8 Å². The smallest absolute Gasteiger partial charge is 0.434 e. The van der Waals surface area contributed by atoms with Crippen LogP contribution in [0.1, 0.15) is 194 Å². The molecule has 0 unspecified atom stereocenters. The summed E-state index contributed by atoms with van der Waals surface area (Å²) in [5.74, 6) is 0. The third kappa shape index (κ3) is 31.3. The molecule has 0 rings (SSSR count). The van der Waals surface area contributed by atoms with Crippen LogP contribution >= 0.6 is 0 Å². The molecule has 3 heteroatoms. The van der Waals surface area contributed by atoms with Gasteiger partial charge in [-0.1, -0.05) is 181 Å². The molecule has 0 amide bonds. The second-order valence-electron chi connectivity index (χ2n) is 11.1. The molecule has 0 saturated heterocycles. The van der Waals surface area contributed by atoms with Gasteiger partial charge in [-0.2, -0.15) is 0 Å². The molecule has 0 saturated carbocycles. The predicted octanol–water partition coefficient (Wildman–Crippen LogP) is 12.1. The maximum atomic E-state index is 11.5. The van der Waals surface area contributed by atoms with Crippen molar-refractivity contribution >= 4 is 6.16 Å². The van der Waals surface area contributed by atoms with E-state index in [0.29, 0.717) is 13.2 Å². The Morgan fingerprint density at radius 2 is 0.528 bits per heavy atom. The van der Waals surface area contributed by atoms with Crippen LogP contribution in [-0.2, 0) is 9.47 Å². The molecule has 0 heterocycles. The van der Waals surface area contributed by atoms with Crippen LogP contribution in [0.3, 0.4) is 0 Å². The molecular formula is C33H66O3. The van der Waals surface area contributed by atoms with Crippen molar-refractivity contribution in [3.8, 4) is 0 Å². The number of hydrogen-bond acceptors (Lipinski definition) is 3. The Morgan fingerprint density at radius 1 is 0.333 bits per heavy atom. The zero-order valence-corrected chi connectivity index (χ0v) is 24.9. The van der Waals surface area contributed by atoms with Crippen molar-refractivity contribution in [1.29, 1.82) is 0 Å². The molecule has 0 N–H and O–H groups in total. The van der Waals surface area contributed by atoms with Crippen LogP contribution in [0.2, 0.25) is 0 Å². The highest BCUT2D eigenvalue weighted by Gasteiger charge is 2.03. The maximum absolute atomic E-state index is 11.5. The van der Waals surface area contributed by atoms with Crippen LogP contribution < -0.4 is 0 Å². The van der Waals surface area contributed by atoms with Crippen LogP contribution in [0.15, 0.2) is 0 Å². The molecule has 36 heavy (non-hydrogen) atoms. The molecule has 0 fully saturated rings. The minimum Gasteiger partial charge on any atom is -0.434 e. The van der Waals surface area contributed by atoms with E-state index in [0.717, 1.165) is 25.7 Å². The largest absolute Gasteiger partial charge is 0.508 e. The monoisotopic (exact) mass is 511 g/mol. The lowest BCUT2D eigenvalue weighted by Gasteiger charge is -2.06. The summed E-state index contributed by atoms with van der Waals surface area (Å²) in [5.41, 5.74) is 0. The van der Waals surface area contributed by atoms with E-state index in [-0.39, 0.29) is 0 Å². The van der Waals surface area contributed by atoms with Crippen molar-refractivity contribution in [2.45, 2.75) is 194 Å². The van der Waals surface area contributed by atoms with Gasteiger partial charge in [-0.3, -0.25) is 0 Å². The van der Waals surface area contributed by atoms with Crippen LogP contribution in [-0.4, -0.2) is 19.4 Å². The summed E-state index contributed by atoms with van der Waals surface area (Å²) in [4.78, 5) is 11.5. The molecule has 0 aromatic heterocycles. The second-order valence-corrected chi connectivity index (χ2v) is 11.1. The molecule has 3 nitrogen and oxygen atoms in total. The zero-order chi connectivity index (χ0) is 26.2. The minimum absolute atomic E-state index is 0.486. The van der Waals surface area contributed by atoms with Crippen molar-refractivity contribution in [2.24, 2.45) is 0 Å². The van der Waals surface area contributed by atoms with Crippen LogP contribution in [0, 0.1) is 0 Å². The van der Waals surface area contributed by atoms with E-state index in [1.807, 2.05) is 0 Å². The minimum atomic E-state index is -0.486. The third-order valence-electron chi connectivity index (χ3n) is 7.44. The number of ether oxygens (including phenoxy) is 2. The molecule has 0 aliphatic rings. The Balaban J connectivity index is 3.08. The number of carbonyl (C=O) groups is 1. The summed E-state index contributed by atoms with van der Waals surface area (Å²) in [7, 11) is 0. The SMILES string of the molecule is CCCCCCCCCCCCCCCCCCCCCCCCCCOC(=O)OCCCCCC. The van der Waals surface area contributed by atoms with Crippen molar-refractivity contribution in [1.82, 2.24) is 0 Å². The van der Waals surface area contributed by atoms with Gasteiger partial charge in [0.25, 0.3) is 0 Å². The van der Waals surface area contributed by atoms with Crippen molar-refractivity contribution in [3.05, 3.63) is 0 Å². The Hall–Kier alpha value is -0.730. The molecule has 0 atom stereocenters. The summed E-state index contributed by atoms with van der Waals surface area (Å²) in [6.45, 7) is 5.48. The maximum Gasteiger partial charge on any atom is 0.508 e.